The van der Waals surface area contributed by atoms with Gasteiger partial charge >= 0.3 is 11.9 Å². The molecule has 0 saturated carbocycles. The van der Waals surface area contributed by atoms with Crippen LogP contribution in [0.5, 0.6) is 0 Å². The molecule has 0 radical (unpaired) electrons. The van der Waals surface area contributed by atoms with Gasteiger partial charge in [0, 0.05) is 19.0 Å². The number of nitrogens with zero attached hydrogens (tertiary/aromatic N) is 2. The Morgan fingerprint density at radius 3 is 2.45 bits per heavy atom. The van der Waals surface area contributed by atoms with Gasteiger partial charge < -0.3 is 21.7 Å². The number of imidazole rings is 1. The number of rotatable bonds is 7. The quantitative estimate of drug-likeness (QED) is 0.478. The highest BCUT2D eigenvalue weighted by atomic mass is 16.4. The predicted molar refractivity (Wildman–Crippen MR) is 67.0 cm³/mol. The van der Waals surface area contributed by atoms with E-state index < -0.39 is 29.9 Å². The third-order valence-electron chi connectivity index (χ3n) is 2.62. The third-order valence-corrected chi connectivity index (χ3v) is 2.62. The van der Waals surface area contributed by atoms with E-state index in [1.54, 1.807) is 0 Å². The van der Waals surface area contributed by atoms with E-state index in [0.717, 1.165) is 4.57 Å². The van der Waals surface area contributed by atoms with Crippen LogP contribution in [0.15, 0.2) is 12.5 Å². The first kappa shape index (κ1) is 15.8. The summed E-state index contributed by atoms with van der Waals surface area (Å²) in [6, 6.07) is -2.06. The van der Waals surface area contributed by atoms with Crippen molar-refractivity contribution in [1.82, 2.24) is 9.55 Å². The number of hydrogen-bond acceptors (Lipinski definition) is 6. The molecule has 0 unspecified atom stereocenters. The summed E-state index contributed by atoms with van der Waals surface area (Å²) < 4.78 is 1.11. The summed E-state index contributed by atoms with van der Waals surface area (Å²) in [6.07, 6.45) is 2.33. The Morgan fingerprint density at radius 1 is 1.25 bits per heavy atom. The maximum atomic E-state index is 11.8. The summed E-state index contributed by atoms with van der Waals surface area (Å²) in [5, 5.41) is 17.2. The van der Waals surface area contributed by atoms with Crippen LogP contribution in [-0.4, -0.2) is 49.7 Å². The van der Waals surface area contributed by atoms with Crippen molar-refractivity contribution < 1.29 is 24.6 Å². The van der Waals surface area contributed by atoms with Crippen LogP contribution in [0.3, 0.4) is 0 Å². The smallest absolute Gasteiger partial charge is 0.320 e. The molecule has 9 heteroatoms. The van der Waals surface area contributed by atoms with Crippen molar-refractivity contribution in [2.45, 2.75) is 31.3 Å². The normalized spacial score (nSPS) is 13.7. The van der Waals surface area contributed by atoms with Crippen LogP contribution < -0.4 is 11.5 Å². The molecule has 9 nitrogen and oxygen atoms in total. The first-order chi connectivity index (χ1) is 9.31. The highest BCUT2D eigenvalue weighted by Crippen LogP contribution is 2.04. The lowest BCUT2D eigenvalue weighted by molar-refractivity contribution is -0.139. The average molecular weight is 284 g/mol. The lowest BCUT2D eigenvalue weighted by Gasteiger charge is -2.08. The monoisotopic (exact) mass is 284 g/mol. The van der Waals surface area contributed by atoms with Gasteiger partial charge in [0.1, 0.15) is 12.4 Å². The van der Waals surface area contributed by atoms with Gasteiger partial charge in [0.25, 0.3) is 0 Å². The first-order valence-electron chi connectivity index (χ1n) is 5.84. The Bertz CT molecular complexity index is 513. The Kier molecular flexibility index (Phi) is 5.35. The minimum absolute atomic E-state index is 0.0102. The summed E-state index contributed by atoms with van der Waals surface area (Å²) in [7, 11) is 0. The standard InChI is InChI=1S/C11H16N4O5/c12-7(1-2-9(16)17)10(18)15-4-6(14-5-15)3-8(13)11(19)20/h4-5,7-8H,1-3,12-13H2,(H,16,17)(H,19,20)/t7-,8-/m0/s1. The van der Waals surface area contributed by atoms with Crippen LogP contribution in [0, 0.1) is 0 Å². The van der Waals surface area contributed by atoms with Gasteiger partial charge in [-0.1, -0.05) is 0 Å². The number of carboxylic acids is 2. The molecule has 0 amide bonds. The number of carbonyl (C=O) groups is 3. The molecule has 1 heterocycles. The molecule has 2 atom stereocenters. The Hall–Kier alpha value is -2.26. The average Bonchev–Trinajstić information content (AvgIpc) is 2.83. The molecule has 20 heavy (non-hydrogen) atoms. The van der Waals surface area contributed by atoms with Gasteiger partial charge in [-0.2, -0.15) is 0 Å². The number of carbonyl (C=O) groups excluding carboxylic acids is 1. The number of aromatic nitrogens is 2. The fourth-order valence-corrected chi connectivity index (χ4v) is 1.50. The molecule has 0 aromatic carbocycles. The lowest BCUT2D eigenvalue weighted by atomic mass is 10.1. The van der Waals surface area contributed by atoms with Crippen molar-refractivity contribution in [3.05, 3.63) is 18.2 Å². The van der Waals surface area contributed by atoms with E-state index in [4.69, 9.17) is 21.7 Å². The maximum absolute atomic E-state index is 11.8. The van der Waals surface area contributed by atoms with Crippen molar-refractivity contribution in [3.8, 4) is 0 Å². The summed E-state index contributed by atoms with van der Waals surface area (Å²) >= 11 is 0. The van der Waals surface area contributed by atoms with Gasteiger partial charge in [0.2, 0.25) is 5.91 Å². The van der Waals surface area contributed by atoms with E-state index >= 15 is 0 Å². The number of aliphatic carboxylic acids is 2. The molecular formula is C11H16N4O5. The van der Waals surface area contributed by atoms with E-state index in [2.05, 4.69) is 4.98 Å². The van der Waals surface area contributed by atoms with Gasteiger partial charge in [0.15, 0.2) is 0 Å². The zero-order valence-electron chi connectivity index (χ0n) is 10.6. The highest BCUT2D eigenvalue weighted by Gasteiger charge is 2.19. The molecular weight excluding hydrogens is 268 g/mol. The molecule has 0 bridgehead atoms. The second-order valence-corrected chi connectivity index (χ2v) is 4.30. The van der Waals surface area contributed by atoms with E-state index in [-0.39, 0.29) is 19.3 Å². The van der Waals surface area contributed by atoms with Crippen molar-refractivity contribution in [1.29, 1.82) is 0 Å². The van der Waals surface area contributed by atoms with E-state index in [1.165, 1.54) is 12.5 Å². The summed E-state index contributed by atoms with van der Waals surface area (Å²) in [5.41, 5.74) is 11.3. The summed E-state index contributed by atoms with van der Waals surface area (Å²) in [5.74, 6) is -2.70. The summed E-state index contributed by atoms with van der Waals surface area (Å²) in [4.78, 5) is 36.7. The molecule has 0 aliphatic heterocycles. The molecule has 1 aromatic rings. The van der Waals surface area contributed by atoms with E-state index in [1.807, 2.05) is 0 Å². The molecule has 110 valence electrons. The van der Waals surface area contributed by atoms with Crippen molar-refractivity contribution in [2.75, 3.05) is 0 Å². The topological polar surface area (TPSA) is 162 Å². The lowest BCUT2D eigenvalue weighted by Crippen LogP contribution is -2.34. The molecule has 1 aromatic heterocycles. The van der Waals surface area contributed by atoms with Gasteiger partial charge in [-0.05, 0) is 6.42 Å². The van der Waals surface area contributed by atoms with Gasteiger partial charge in [-0.25, -0.2) is 4.98 Å². The highest BCUT2D eigenvalue weighted by molar-refractivity contribution is 5.84. The fourth-order valence-electron chi connectivity index (χ4n) is 1.50. The van der Waals surface area contributed by atoms with Crippen LogP contribution >= 0.6 is 0 Å². The molecule has 0 aliphatic rings. The Morgan fingerprint density at radius 2 is 1.90 bits per heavy atom. The van der Waals surface area contributed by atoms with Gasteiger partial charge in [0.05, 0.1) is 11.7 Å². The number of carboxylic acid groups (broad SMARTS) is 2. The minimum Gasteiger partial charge on any atom is -0.481 e. The first-order valence-corrected chi connectivity index (χ1v) is 5.84. The van der Waals surface area contributed by atoms with Crippen LogP contribution in [-0.2, 0) is 16.0 Å². The SMILES string of the molecule is N[C@@H](Cc1cn(C(=O)[C@@H](N)CCC(=O)O)cn1)C(=O)O. The van der Waals surface area contributed by atoms with Crippen molar-refractivity contribution >= 4 is 17.8 Å². The Labute approximate surface area is 114 Å². The predicted octanol–water partition coefficient (Wildman–Crippen LogP) is -1.33. The largest absolute Gasteiger partial charge is 0.481 e. The van der Waals surface area contributed by atoms with Crippen molar-refractivity contribution in [3.63, 3.8) is 0 Å². The van der Waals surface area contributed by atoms with E-state index in [9.17, 15) is 14.4 Å². The van der Waals surface area contributed by atoms with Gasteiger partial charge in [-0.15, -0.1) is 0 Å². The van der Waals surface area contributed by atoms with E-state index in [0.29, 0.717) is 5.69 Å². The van der Waals surface area contributed by atoms with Crippen LogP contribution in [0.25, 0.3) is 0 Å². The van der Waals surface area contributed by atoms with Crippen LogP contribution in [0.4, 0.5) is 0 Å². The molecule has 0 saturated heterocycles. The van der Waals surface area contributed by atoms with Crippen LogP contribution in [0.2, 0.25) is 0 Å². The minimum atomic E-state index is -1.16. The molecule has 6 N–H and O–H groups in total. The number of hydrogen-bond donors (Lipinski definition) is 4. The molecule has 0 spiro atoms. The van der Waals surface area contributed by atoms with Gasteiger partial charge in [-0.3, -0.25) is 19.0 Å². The molecule has 0 fully saturated rings. The van der Waals surface area contributed by atoms with Crippen LogP contribution in [0.1, 0.15) is 23.3 Å². The zero-order chi connectivity index (χ0) is 15.3. The maximum Gasteiger partial charge on any atom is 0.320 e. The fraction of sp³-hybridized carbons (Fsp3) is 0.455. The Balaban J connectivity index is 2.64. The summed E-state index contributed by atoms with van der Waals surface area (Å²) in [6.45, 7) is 0. The van der Waals surface area contributed by atoms with Crippen molar-refractivity contribution in [2.24, 2.45) is 11.5 Å². The second kappa shape index (κ2) is 6.78. The molecule has 0 aliphatic carbocycles. The zero-order valence-corrected chi connectivity index (χ0v) is 10.6. The number of nitrogens with two attached hydrogens (primary N) is 2. The third kappa shape index (κ3) is 4.44. The molecule has 1 rings (SSSR count). The second-order valence-electron chi connectivity index (χ2n) is 4.30.